The molecule has 1 nitrogen and oxygen atoms in total. The van der Waals surface area contributed by atoms with Gasteiger partial charge in [0.1, 0.15) is 0 Å². The number of rotatable bonds is 2. The van der Waals surface area contributed by atoms with E-state index in [0.717, 1.165) is 9.60 Å². The van der Waals surface area contributed by atoms with E-state index in [4.69, 9.17) is 4.74 Å². The van der Waals surface area contributed by atoms with Crippen LogP contribution in [0.2, 0.25) is 0 Å². The van der Waals surface area contributed by atoms with Gasteiger partial charge in [0.25, 0.3) is 0 Å². The van der Waals surface area contributed by atoms with E-state index in [-0.39, 0.29) is 5.82 Å². The van der Waals surface area contributed by atoms with E-state index in [9.17, 15) is 4.39 Å². The fraction of sp³-hybridized carbons (Fsp3) is 0.200. The quantitative estimate of drug-likeness (QED) is 0.724. The Morgan fingerprint density at radius 3 is 2.93 bits per heavy atom. The minimum Gasteiger partial charge on any atom is -0.492 e. The van der Waals surface area contributed by atoms with Gasteiger partial charge < -0.3 is 4.74 Å². The first kappa shape index (κ1) is 9.80. The summed E-state index contributed by atoms with van der Waals surface area (Å²) in [4.78, 5) is 0.847. The topological polar surface area (TPSA) is 9.23 Å². The van der Waals surface area contributed by atoms with Crippen molar-refractivity contribution in [3.63, 3.8) is 0 Å². The lowest BCUT2D eigenvalue weighted by Crippen LogP contribution is -1.90. The highest BCUT2D eigenvalue weighted by molar-refractivity contribution is 7.98. The first-order chi connectivity index (χ1) is 6.77. The van der Waals surface area contributed by atoms with Crippen molar-refractivity contribution in [3.05, 3.63) is 23.3 Å². The van der Waals surface area contributed by atoms with Crippen LogP contribution in [0.1, 0.15) is 0 Å². The van der Waals surface area contributed by atoms with Crippen LogP contribution in [0.5, 0.6) is 5.75 Å². The van der Waals surface area contributed by atoms with E-state index < -0.39 is 0 Å². The molecule has 4 heteroatoms. The summed E-state index contributed by atoms with van der Waals surface area (Å²) in [6, 6.07) is 3.74. The van der Waals surface area contributed by atoms with Crippen molar-refractivity contribution in [2.24, 2.45) is 0 Å². The Bertz CT molecular complexity index is 464. The molecule has 1 aromatic heterocycles. The van der Waals surface area contributed by atoms with Gasteiger partial charge in [0.05, 0.1) is 12.0 Å². The molecule has 1 heterocycles. The van der Waals surface area contributed by atoms with Gasteiger partial charge in [-0.1, -0.05) is 0 Å². The molecule has 14 heavy (non-hydrogen) atoms. The Balaban J connectivity index is 2.79. The van der Waals surface area contributed by atoms with Crippen LogP contribution in [0.3, 0.4) is 0 Å². The molecule has 1 aromatic carbocycles. The maximum Gasteiger partial charge on any atom is 0.174 e. The molecule has 0 unspecified atom stereocenters. The number of benzene rings is 1. The van der Waals surface area contributed by atoms with Crippen LogP contribution in [0, 0.1) is 5.82 Å². The van der Waals surface area contributed by atoms with Crippen molar-refractivity contribution in [3.8, 4) is 5.75 Å². The Labute approximate surface area is 89.9 Å². The summed E-state index contributed by atoms with van der Waals surface area (Å²) in [6.45, 7) is 0. The molecule has 0 aliphatic heterocycles. The van der Waals surface area contributed by atoms with Crippen LogP contribution in [-0.4, -0.2) is 13.4 Å². The van der Waals surface area contributed by atoms with Crippen molar-refractivity contribution in [1.82, 2.24) is 0 Å². The summed E-state index contributed by atoms with van der Waals surface area (Å²) in [5.74, 6) is 0.0963. The summed E-state index contributed by atoms with van der Waals surface area (Å²) < 4.78 is 19.8. The van der Waals surface area contributed by atoms with Gasteiger partial charge in [-0.2, -0.15) is 0 Å². The molecule has 0 radical (unpaired) electrons. The molecular formula is C10H9FOS2. The van der Waals surface area contributed by atoms with Gasteiger partial charge in [-0.15, -0.1) is 23.1 Å². The second-order valence-electron chi connectivity index (χ2n) is 2.76. The predicted molar refractivity (Wildman–Crippen MR) is 60.1 cm³/mol. The Kier molecular flexibility index (Phi) is 2.65. The highest BCUT2D eigenvalue weighted by atomic mass is 32.2. The molecule has 0 bridgehead atoms. The fourth-order valence-electron chi connectivity index (χ4n) is 1.37. The average molecular weight is 228 g/mol. The van der Waals surface area contributed by atoms with Crippen molar-refractivity contribution < 1.29 is 9.13 Å². The summed E-state index contributed by atoms with van der Waals surface area (Å²) in [5, 5.41) is 2.53. The van der Waals surface area contributed by atoms with Gasteiger partial charge in [-0.05, 0) is 23.8 Å². The van der Waals surface area contributed by atoms with E-state index >= 15 is 0 Å². The number of hydrogen-bond donors (Lipinski definition) is 0. The fourth-order valence-corrected chi connectivity index (χ4v) is 2.86. The monoisotopic (exact) mass is 228 g/mol. The van der Waals surface area contributed by atoms with Crippen LogP contribution < -0.4 is 4.74 Å². The number of thioether (sulfide) groups is 1. The van der Waals surface area contributed by atoms with Crippen LogP contribution in [0.25, 0.3) is 10.1 Å². The lowest BCUT2D eigenvalue weighted by atomic mass is 10.2. The molecule has 0 saturated carbocycles. The van der Waals surface area contributed by atoms with Gasteiger partial charge in [0.2, 0.25) is 0 Å². The van der Waals surface area contributed by atoms with Gasteiger partial charge >= 0.3 is 0 Å². The second-order valence-corrected chi connectivity index (χ2v) is 4.55. The minimum absolute atomic E-state index is 0.254. The molecule has 0 saturated heterocycles. The van der Waals surface area contributed by atoms with Crippen molar-refractivity contribution in [1.29, 1.82) is 0 Å². The summed E-state index contributed by atoms with van der Waals surface area (Å²) in [7, 11) is 1.50. The van der Waals surface area contributed by atoms with Gasteiger partial charge in [-0.25, -0.2) is 4.39 Å². The van der Waals surface area contributed by atoms with E-state index in [2.05, 4.69) is 0 Å². The van der Waals surface area contributed by atoms with Crippen LogP contribution in [0.4, 0.5) is 4.39 Å². The molecule has 0 N–H and O–H groups in total. The maximum atomic E-state index is 13.8. The van der Waals surface area contributed by atoms with Gasteiger partial charge in [-0.3, -0.25) is 0 Å². The highest BCUT2D eigenvalue weighted by Crippen LogP contribution is 2.37. The van der Waals surface area contributed by atoms with Gasteiger partial charge in [0.15, 0.2) is 11.6 Å². The number of methoxy groups -OCH3 is 1. The summed E-state index contributed by atoms with van der Waals surface area (Å²) in [6.07, 6.45) is 1.91. The van der Waals surface area contributed by atoms with Crippen molar-refractivity contribution in [2.45, 2.75) is 4.90 Å². The zero-order valence-corrected chi connectivity index (χ0v) is 9.47. The normalized spacial score (nSPS) is 10.8. The summed E-state index contributed by atoms with van der Waals surface area (Å²) >= 11 is 3.04. The average Bonchev–Trinajstić information content (AvgIpc) is 2.65. The SMILES string of the molecule is COc1c(SC)cc2sccc2c1F. The van der Waals surface area contributed by atoms with E-state index in [1.807, 2.05) is 17.7 Å². The number of hydrogen-bond acceptors (Lipinski definition) is 3. The molecule has 0 spiro atoms. The number of fused-ring (bicyclic) bond motifs is 1. The number of ether oxygens (including phenoxy) is 1. The largest absolute Gasteiger partial charge is 0.492 e. The highest BCUT2D eigenvalue weighted by Gasteiger charge is 2.13. The third-order valence-corrected chi connectivity index (χ3v) is 3.65. The van der Waals surface area contributed by atoms with Crippen LogP contribution in [-0.2, 0) is 0 Å². The molecule has 0 atom stereocenters. The third-order valence-electron chi connectivity index (χ3n) is 2.04. The van der Waals surface area contributed by atoms with Crippen LogP contribution >= 0.6 is 23.1 Å². The van der Waals surface area contributed by atoms with E-state index in [0.29, 0.717) is 11.1 Å². The van der Waals surface area contributed by atoms with Crippen LogP contribution in [0.15, 0.2) is 22.4 Å². The smallest absolute Gasteiger partial charge is 0.174 e. The van der Waals surface area contributed by atoms with Crippen molar-refractivity contribution in [2.75, 3.05) is 13.4 Å². The number of thiophene rings is 1. The zero-order valence-electron chi connectivity index (χ0n) is 7.83. The molecule has 2 rings (SSSR count). The number of halogens is 1. The molecular weight excluding hydrogens is 219 g/mol. The molecule has 2 aromatic rings. The Morgan fingerprint density at radius 1 is 1.50 bits per heavy atom. The standard InChI is InChI=1S/C10H9FOS2/c1-12-10-8(13-2)5-7-6(9(10)11)3-4-14-7/h3-5H,1-2H3. The Morgan fingerprint density at radius 2 is 2.29 bits per heavy atom. The van der Waals surface area contributed by atoms with E-state index in [1.165, 1.54) is 18.9 Å². The van der Waals surface area contributed by atoms with Crippen molar-refractivity contribution >= 4 is 33.2 Å². The second kappa shape index (κ2) is 3.79. The minimum atomic E-state index is -0.254. The zero-order chi connectivity index (χ0) is 10.1. The lowest BCUT2D eigenvalue weighted by Gasteiger charge is -2.07. The molecule has 0 amide bonds. The molecule has 0 aliphatic rings. The molecule has 0 aliphatic carbocycles. The first-order valence-electron chi connectivity index (χ1n) is 4.05. The third kappa shape index (κ3) is 1.38. The van der Waals surface area contributed by atoms with E-state index in [1.54, 1.807) is 17.4 Å². The first-order valence-corrected chi connectivity index (χ1v) is 6.16. The molecule has 74 valence electrons. The lowest BCUT2D eigenvalue weighted by molar-refractivity contribution is 0.379. The summed E-state index contributed by atoms with van der Waals surface area (Å²) in [5.41, 5.74) is 0. The Hall–Kier alpha value is -0.740. The maximum absolute atomic E-state index is 13.8. The predicted octanol–water partition coefficient (Wildman–Crippen LogP) is 3.77. The molecule has 0 fully saturated rings. The van der Waals surface area contributed by atoms with Gasteiger partial charge in [0, 0.05) is 10.1 Å².